The van der Waals surface area contributed by atoms with E-state index in [0.29, 0.717) is 12.5 Å². The second kappa shape index (κ2) is 6.62. The van der Waals surface area contributed by atoms with Crippen molar-refractivity contribution in [2.45, 2.75) is 33.3 Å². The van der Waals surface area contributed by atoms with Crippen LogP contribution in [0.15, 0.2) is 0 Å². The normalized spacial score (nSPS) is 13.9. The van der Waals surface area contributed by atoms with Crippen molar-refractivity contribution < 1.29 is 9.47 Å². The first kappa shape index (κ1) is 10.9. The Labute approximate surface area is 69.9 Å². The number of rotatable bonds is 6. The highest BCUT2D eigenvalue weighted by atomic mass is 16.5. The summed E-state index contributed by atoms with van der Waals surface area (Å²) in [4.78, 5) is 0. The van der Waals surface area contributed by atoms with Gasteiger partial charge in [-0.15, -0.1) is 0 Å². The minimum atomic E-state index is 0.280. The fourth-order valence-corrected chi connectivity index (χ4v) is 0.798. The SMILES string of the molecule is CCC(COC)OCC(C)C. The van der Waals surface area contributed by atoms with Gasteiger partial charge in [0, 0.05) is 13.7 Å². The molecular formula is C9H20O2. The second-order valence-electron chi connectivity index (χ2n) is 3.21. The topological polar surface area (TPSA) is 18.5 Å². The quantitative estimate of drug-likeness (QED) is 0.592. The smallest absolute Gasteiger partial charge is 0.0805 e. The molecule has 0 aliphatic heterocycles. The Hall–Kier alpha value is -0.0800. The first-order valence-electron chi connectivity index (χ1n) is 4.31. The van der Waals surface area contributed by atoms with Gasteiger partial charge in [-0.2, -0.15) is 0 Å². The predicted molar refractivity (Wildman–Crippen MR) is 46.7 cm³/mol. The number of hydrogen-bond donors (Lipinski definition) is 0. The molecule has 0 aromatic carbocycles. The van der Waals surface area contributed by atoms with E-state index in [0.717, 1.165) is 13.0 Å². The highest BCUT2D eigenvalue weighted by molar-refractivity contribution is 4.53. The Morgan fingerprint density at radius 2 is 1.82 bits per heavy atom. The summed E-state index contributed by atoms with van der Waals surface area (Å²) >= 11 is 0. The van der Waals surface area contributed by atoms with Gasteiger partial charge in [-0.3, -0.25) is 0 Å². The number of hydrogen-bond acceptors (Lipinski definition) is 2. The van der Waals surface area contributed by atoms with Crippen molar-refractivity contribution >= 4 is 0 Å². The molecule has 1 unspecified atom stereocenters. The second-order valence-corrected chi connectivity index (χ2v) is 3.21. The van der Waals surface area contributed by atoms with Gasteiger partial charge in [0.05, 0.1) is 12.7 Å². The van der Waals surface area contributed by atoms with Crippen LogP contribution in [0, 0.1) is 5.92 Å². The van der Waals surface area contributed by atoms with Crippen LogP contribution < -0.4 is 0 Å². The highest BCUT2D eigenvalue weighted by Crippen LogP contribution is 2.01. The van der Waals surface area contributed by atoms with Crippen molar-refractivity contribution in [3.63, 3.8) is 0 Å². The molecule has 0 aromatic rings. The van der Waals surface area contributed by atoms with Crippen LogP contribution in [0.5, 0.6) is 0 Å². The van der Waals surface area contributed by atoms with E-state index in [1.165, 1.54) is 0 Å². The maximum absolute atomic E-state index is 5.57. The first-order chi connectivity index (χ1) is 5.20. The molecule has 0 aromatic heterocycles. The third-order valence-electron chi connectivity index (χ3n) is 1.47. The van der Waals surface area contributed by atoms with E-state index in [1.54, 1.807) is 7.11 Å². The molecule has 0 amide bonds. The zero-order valence-corrected chi connectivity index (χ0v) is 8.09. The van der Waals surface area contributed by atoms with E-state index >= 15 is 0 Å². The third kappa shape index (κ3) is 6.32. The highest BCUT2D eigenvalue weighted by Gasteiger charge is 2.05. The molecule has 0 heterocycles. The fraction of sp³-hybridized carbons (Fsp3) is 1.00. The van der Waals surface area contributed by atoms with Gasteiger partial charge in [-0.05, 0) is 12.3 Å². The molecule has 0 spiro atoms. The van der Waals surface area contributed by atoms with Crippen LogP contribution >= 0.6 is 0 Å². The maximum Gasteiger partial charge on any atom is 0.0805 e. The van der Waals surface area contributed by atoms with Gasteiger partial charge >= 0.3 is 0 Å². The molecule has 11 heavy (non-hydrogen) atoms. The zero-order chi connectivity index (χ0) is 8.69. The Balaban J connectivity index is 3.35. The van der Waals surface area contributed by atoms with Crippen LogP contribution in [0.1, 0.15) is 27.2 Å². The lowest BCUT2D eigenvalue weighted by atomic mass is 10.2. The molecule has 2 heteroatoms. The van der Waals surface area contributed by atoms with Crippen LogP contribution in [-0.2, 0) is 9.47 Å². The molecule has 0 saturated heterocycles. The summed E-state index contributed by atoms with van der Waals surface area (Å²) in [5, 5.41) is 0. The molecular weight excluding hydrogens is 140 g/mol. The van der Waals surface area contributed by atoms with Crippen LogP contribution in [0.3, 0.4) is 0 Å². The molecule has 0 aliphatic rings. The molecule has 0 N–H and O–H groups in total. The Kier molecular flexibility index (Phi) is 6.57. The summed E-state index contributed by atoms with van der Waals surface area (Å²) < 4.78 is 10.6. The summed E-state index contributed by atoms with van der Waals surface area (Å²) in [6, 6.07) is 0. The predicted octanol–water partition coefficient (Wildman–Crippen LogP) is 2.08. The van der Waals surface area contributed by atoms with Gasteiger partial charge in [-0.25, -0.2) is 0 Å². The minimum Gasteiger partial charge on any atom is -0.382 e. The van der Waals surface area contributed by atoms with E-state index in [2.05, 4.69) is 20.8 Å². The third-order valence-corrected chi connectivity index (χ3v) is 1.47. The lowest BCUT2D eigenvalue weighted by molar-refractivity contribution is -0.0143. The average molecular weight is 160 g/mol. The molecule has 0 saturated carbocycles. The molecule has 0 fully saturated rings. The molecule has 0 rings (SSSR count). The van der Waals surface area contributed by atoms with Crippen LogP contribution in [-0.4, -0.2) is 26.4 Å². The summed E-state index contributed by atoms with van der Waals surface area (Å²) in [7, 11) is 1.71. The lowest BCUT2D eigenvalue weighted by Gasteiger charge is -2.16. The summed E-state index contributed by atoms with van der Waals surface area (Å²) in [5.74, 6) is 0.612. The van der Waals surface area contributed by atoms with Gasteiger partial charge in [0.15, 0.2) is 0 Å². The lowest BCUT2D eigenvalue weighted by Crippen LogP contribution is -2.20. The number of methoxy groups -OCH3 is 1. The van der Waals surface area contributed by atoms with E-state index in [9.17, 15) is 0 Å². The van der Waals surface area contributed by atoms with Crippen LogP contribution in [0.4, 0.5) is 0 Å². The molecule has 0 bridgehead atoms. The fourth-order valence-electron chi connectivity index (χ4n) is 0.798. The summed E-state index contributed by atoms with van der Waals surface area (Å²) in [6.07, 6.45) is 1.31. The average Bonchev–Trinajstić information content (AvgIpc) is 1.97. The van der Waals surface area contributed by atoms with Crippen molar-refractivity contribution in [1.29, 1.82) is 0 Å². The van der Waals surface area contributed by atoms with Crippen molar-refractivity contribution in [3.05, 3.63) is 0 Å². The van der Waals surface area contributed by atoms with E-state index in [1.807, 2.05) is 0 Å². The first-order valence-corrected chi connectivity index (χ1v) is 4.31. The van der Waals surface area contributed by atoms with Crippen LogP contribution in [0.25, 0.3) is 0 Å². The molecule has 68 valence electrons. The Morgan fingerprint density at radius 3 is 2.18 bits per heavy atom. The Bertz CT molecular complexity index is 81.6. The van der Waals surface area contributed by atoms with Crippen molar-refractivity contribution in [2.24, 2.45) is 5.92 Å². The standard InChI is InChI=1S/C9H20O2/c1-5-9(7-10-4)11-6-8(2)3/h8-9H,5-7H2,1-4H3. The van der Waals surface area contributed by atoms with Gasteiger partial charge in [0.25, 0.3) is 0 Å². The monoisotopic (exact) mass is 160 g/mol. The van der Waals surface area contributed by atoms with Gasteiger partial charge in [-0.1, -0.05) is 20.8 Å². The van der Waals surface area contributed by atoms with E-state index < -0.39 is 0 Å². The Morgan fingerprint density at radius 1 is 1.18 bits per heavy atom. The summed E-state index contributed by atoms with van der Waals surface area (Å²) in [6.45, 7) is 7.97. The van der Waals surface area contributed by atoms with Gasteiger partial charge in [0.2, 0.25) is 0 Å². The largest absolute Gasteiger partial charge is 0.382 e. The molecule has 0 aliphatic carbocycles. The van der Waals surface area contributed by atoms with Crippen LogP contribution in [0.2, 0.25) is 0 Å². The van der Waals surface area contributed by atoms with E-state index in [-0.39, 0.29) is 6.10 Å². The maximum atomic E-state index is 5.57. The minimum absolute atomic E-state index is 0.280. The molecule has 2 nitrogen and oxygen atoms in total. The zero-order valence-electron chi connectivity index (χ0n) is 8.09. The van der Waals surface area contributed by atoms with E-state index in [4.69, 9.17) is 9.47 Å². The van der Waals surface area contributed by atoms with Crippen molar-refractivity contribution in [1.82, 2.24) is 0 Å². The van der Waals surface area contributed by atoms with Crippen molar-refractivity contribution in [2.75, 3.05) is 20.3 Å². The van der Waals surface area contributed by atoms with Crippen molar-refractivity contribution in [3.8, 4) is 0 Å². The summed E-state index contributed by atoms with van der Waals surface area (Å²) in [5.41, 5.74) is 0. The molecule has 1 atom stereocenters. The number of ether oxygens (including phenoxy) is 2. The molecule has 0 radical (unpaired) electrons. The van der Waals surface area contributed by atoms with Gasteiger partial charge < -0.3 is 9.47 Å². The van der Waals surface area contributed by atoms with Gasteiger partial charge in [0.1, 0.15) is 0 Å².